The number of carbonyl (C=O) groups excluding carboxylic acids is 1. The van der Waals surface area contributed by atoms with E-state index in [2.05, 4.69) is 20.4 Å². The Morgan fingerprint density at radius 1 is 1.23 bits per heavy atom. The molecule has 3 aromatic rings. The van der Waals surface area contributed by atoms with E-state index in [-0.39, 0.29) is 11.9 Å². The van der Waals surface area contributed by atoms with Crippen LogP contribution in [0.2, 0.25) is 10.0 Å². The molecule has 132 valence electrons. The molecule has 9 heteroatoms. The molecule has 1 fully saturated rings. The van der Waals surface area contributed by atoms with E-state index >= 15 is 0 Å². The Labute approximate surface area is 158 Å². The molecule has 2 aromatic heterocycles. The van der Waals surface area contributed by atoms with Gasteiger partial charge in [-0.1, -0.05) is 28.4 Å². The molecule has 0 bridgehead atoms. The molecule has 0 saturated carbocycles. The summed E-state index contributed by atoms with van der Waals surface area (Å²) in [5.74, 6) is 1.03. The van der Waals surface area contributed by atoms with Crippen LogP contribution in [-0.4, -0.2) is 39.1 Å². The highest BCUT2D eigenvalue weighted by molar-refractivity contribution is 6.42. The first kappa shape index (κ1) is 16.8. The van der Waals surface area contributed by atoms with E-state index in [1.54, 1.807) is 35.5 Å². The number of amides is 2. The Balaban J connectivity index is 1.36. The van der Waals surface area contributed by atoms with Crippen LogP contribution in [0.3, 0.4) is 0 Å². The number of rotatable bonds is 3. The van der Waals surface area contributed by atoms with E-state index in [1.807, 2.05) is 12.1 Å². The molecule has 1 aliphatic heterocycles. The van der Waals surface area contributed by atoms with Gasteiger partial charge in [0.2, 0.25) is 11.7 Å². The van der Waals surface area contributed by atoms with Gasteiger partial charge in [0, 0.05) is 36.7 Å². The van der Waals surface area contributed by atoms with Crippen molar-refractivity contribution in [1.82, 2.24) is 20.0 Å². The van der Waals surface area contributed by atoms with Gasteiger partial charge in [0.25, 0.3) is 0 Å². The maximum Gasteiger partial charge on any atom is 0.321 e. The summed E-state index contributed by atoms with van der Waals surface area (Å²) in [6, 6.07) is 8.39. The lowest BCUT2D eigenvalue weighted by Crippen LogP contribution is -2.50. The zero-order valence-electron chi connectivity index (χ0n) is 13.4. The quantitative estimate of drug-likeness (QED) is 0.729. The first-order valence-corrected chi connectivity index (χ1v) is 8.61. The van der Waals surface area contributed by atoms with Crippen molar-refractivity contribution in [2.75, 3.05) is 18.4 Å². The van der Waals surface area contributed by atoms with Crippen molar-refractivity contribution in [3.05, 3.63) is 58.7 Å². The molecule has 1 N–H and O–H groups in total. The monoisotopic (exact) mass is 389 g/mol. The average molecular weight is 390 g/mol. The van der Waals surface area contributed by atoms with E-state index in [0.717, 1.165) is 5.56 Å². The highest BCUT2D eigenvalue weighted by Crippen LogP contribution is 2.29. The van der Waals surface area contributed by atoms with E-state index in [0.29, 0.717) is 40.5 Å². The largest absolute Gasteiger partial charge is 0.339 e. The summed E-state index contributed by atoms with van der Waals surface area (Å²) >= 11 is 11.8. The summed E-state index contributed by atoms with van der Waals surface area (Å²) in [4.78, 5) is 22.3. The third kappa shape index (κ3) is 3.36. The smallest absolute Gasteiger partial charge is 0.321 e. The van der Waals surface area contributed by atoms with Gasteiger partial charge in [0.05, 0.1) is 16.0 Å². The fourth-order valence-corrected chi connectivity index (χ4v) is 2.89. The number of urea groups is 1. The molecule has 26 heavy (non-hydrogen) atoms. The number of carbonyl (C=O) groups is 1. The Kier molecular flexibility index (Phi) is 4.48. The van der Waals surface area contributed by atoms with Crippen molar-refractivity contribution in [2.45, 2.75) is 5.92 Å². The Morgan fingerprint density at radius 3 is 2.81 bits per heavy atom. The maximum atomic E-state index is 12.3. The molecule has 1 aromatic carbocycles. The minimum Gasteiger partial charge on any atom is -0.339 e. The Bertz CT molecular complexity index is 941. The maximum absolute atomic E-state index is 12.3. The fourth-order valence-electron chi connectivity index (χ4n) is 2.59. The Hall–Kier alpha value is -2.64. The number of anilines is 1. The van der Waals surface area contributed by atoms with Gasteiger partial charge in [-0.25, -0.2) is 4.79 Å². The van der Waals surface area contributed by atoms with Crippen molar-refractivity contribution >= 4 is 34.9 Å². The molecule has 0 spiro atoms. The van der Waals surface area contributed by atoms with Gasteiger partial charge in [-0.05, 0) is 30.3 Å². The average Bonchev–Trinajstić information content (AvgIpc) is 3.07. The topological polar surface area (TPSA) is 84.2 Å². The summed E-state index contributed by atoms with van der Waals surface area (Å²) in [5.41, 5.74) is 1.38. The lowest BCUT2D eigenvalue weighted by atomic mass is 10.0. The zero-order valence-corrected chi connectivity index (χ0v) is 14.9. The van der Waals surface area contributed by atoms with E-state index in [1.165, 1.54) is 0 Å². The Morgan fingerprint density at radius 2 is 2.08 bits per heavy atom. The predicted molar refractivity (Wildman–Crippen MR) is 97.3 cm³/mol. The minimum absolute atomic E-state index is 0.0208. The number of likely N-dealkylation sites (tertiary alicyclic amines) is 1. The standard InChI is InChI=1S/C17H13Cl2N5O2/c18-13-4-3-12(6-14(13)19)21-17(25)24-8-11(9-24)16-22-15(23-26-16)10-2-1-5-20-7-10/h1-7,11H,8-9H2,(H,21,25). The van der Waals surface area contributed by atoms with Crippen molar-refractivity contribution in [3.8, 4) is 11.4 Å². The van der Waals surface area contributed by atoms with Crippen molar-refractivity contribution in [1.29, 1.82) is 0 Å². The van der Waals surface area contributed by atoms with Crippen LogP contribution in [0.15, 0.2) is 47.2 Å². The van der Waals surface area contributed by atoms with Crippen molar-refractivity contribution < 1.29 is 9.32 Å². The molecule has 0 aliphatic carbocycles. The second-order valence-electron chi connectivity index (χ2n) is 5.86. The lowest BCUT2D eigenvalue weighted by molar-refractivity contribution is 0.147. The molecular weight excluding hydrogens is 377 g/mol. The number of pyridine rings is 1. The summed E-state index contributed by atoms with van der Waals surface area (Å²) < 4.78 is 5.32. The molecule has 2 amide bonds. The third-order valence-corrected chi connectivity index (χ3v) is 4.79. The molecule has 0 atom stereocenters. The number of aromatic nitrogens is 3. The number of nitrogens with one attached hydrogen (secondary N) is 1. The molecule has 7 nitrogen and oxygen atoms in total. The van der Waals surface area contributed by atoms with Crippen LogP contribution >= 0.6 is 23.2 Å². The van der Waals surface area contributed by atoms with Crippen molar-refractivity contribution in [3.63, 3.8) is 0 Å². The fraction of sp³-hybridized carbons (Fsp3) is 0.176. The van der Waals surface area contributed by atoms with Crippen LogP contribution < -0.4 is 5.32 Å². The third-order valence-electron chi connectivity index (χ3n) is 4.05. The van der Waals surface area contributed by atoms with Gasteiger partial charge in [-0.2, -0.15) is 4.98 Å². The van der Waals surface area contributed by atoms with Gasteiger partial charge in [-0.3, -0.25) is 4.98 Å². The van der Waals surface area contributed by atoms with E-state index in [9.17, 15) is 4.79 Å². The minimum atomic E-state index is -0.216. The molecule has 1 aliphatic rings. The van der Waals surface area contributed by atoms with Crippen LogP contribution in [0, 0.1) is 0 Å². The normalized spacial score (nSPS) is 14.2. The van der Waals surface area contributed by atoms with Crippen LogP contribution in [0.1, 0.15) is 11.8 Å². The summed E-state index contributed by atoms with van der Waals surface area (Å²) in [6.45, 7) is 1.00. The number of nitrogens with zero attached hydrogens (tertiary/aromatic N) is 4. The molecule has 1 saturated heterocycles. The molecule has 0 unspecified atom stereocenters. The molecule has 4 rings (SSSR count). The highest BCUT2D eigenvalue weighted by Gasteiger charge is 2.35. The van der Waals surface area contributed by atoms with Gasteiger partial charge in [-0.15, -0.1) is 0 Å². The van der Waals surface area contributed by atoms with Crippen LogP contribution in [0.25, 0.3) is 11.4 Å². The molecular formula is C17H13Cl2N5O2. The van der Waals surface area contributed by atoms with Crippen LogP contribution in [-0.2, 0) is 0 Å². The first-order valence-electron chi connectivity index (χ1n) is 7.85. The highest BCUT2D eigenvalue weighted by atomic mass is 35.5. The number of hydrogen-bond acceptors (Lipinski definition) is 5. The first-order chi connectivity index (χ1) is 12.6. The summed E-state index contributed by atoms with van der Waals surface area (Å²) in [6.07, 6.45) is 3.35. The van der Waals surface area contributed by atoms with Crippen molar-refractivity contribution in [2.24, 2.45) is 0 Å². The summed E-state index contributed by atoms with van der Waals surface area (Å²) in [5, 5.41) is 7.58. The number of halogens is 2. The summed E-state index contributed by atoms with van der Waals surface area (Å²) in [7, 11) is 0. The molecule has 3 heterocycles. The molecule has 0 radical (unpaired) electrons. The number of hydrogen-bond donors (Lipinski definition) is 1. The van der Waals surface area contributed by atoms with Crippen LogP contribution in [0.5, 0.6) is 0 Å². The second kappa shape index (κ2) is 6.93. The van der Waals surface area contributed by atoms with Gasteiger partial charge in [0.1, 0.15) is 0 Å². The second-order valence-corrected chi connectivity index (χ2v) is 6.67. The SMILES string of the molecule is O=C(Nc1ccc(Cl)c(Cl)c1)N1CC(c2nc(-c3cccnc3)no2)C1. The predicted octanol–water partition coefficient (Wildman–Crippen LogP) is 4.07. The van der Waals surface area contributed by atoms with E-state index < -0.39 is 0 Å². The van der Waals surface area contributed by atoms with Gasteiger partial charge in [0.15, 0.2) is 0 Å². The van der Waals surface area contributed by atoms with E-state index in [4.69, 9.17) is 27.7 Å². The van der Waals surface area contributed by atoms with Gasteiger partial charge < -0.3 is 14.7 Å². The lowest BCUT2D eigenvalue weighted by Gasteiger charge is -2.36. The van der Waals surface area contributed by atoms with Crippen LogP contribution in [0.4, 0.5) is 10.5 Å². The zero-order chi connectivity index (χ0) is 18.1. The van der Waals surface area contributed by atoms with Gasteiger partial charge >= 0.3 is 6.03 Å². The number of benzene rings is 1.